The van der Waals surface area contributed by atoms with Gasteiger partial charge in [0.25, 0.3) is 0 Å². The van der Waals surface area contributed by atoms with Crippen LogP contribution in [0, 0.1) is 6.92 Å². The third-order valence-electron chi connectivity index (χ3n) is 3.38. The molecule has 8 heteroatoms. The van der Waals surface area contributed by atoms with Crippen molar-refractivity contribution in [3.8, 4) is 17.0 Å². The number of nitrogen functional groups attached to an aromatic ring is 1. The van der Waals surface area contributed by atoms with E-state index in [-0.39, 0.29) is 18.1 Å². The molecule has 1 aromatic carbocycles. The summed E-state index contributed by atoms with van der Waals surface area (Å²) in [7, 11) is 1.60. The van der Waals surface area contributed by atoms with Gasteiger partial charge in [0.2, 0.25) is 5.88 Å². The summed E-state index contributed by atoms with van der Waals surface area (Å²) >= 11 is 0. The fraction of sp³-hybridized carbons (Fsp3) is 0.188. The predicted molar refractivity (Wildman–Crippen MR) is 83.3 cm³/mol. The molecule has 0 unspecified atom stereocenters. The van der Waals surface area contributed by atoms with Crippen LogP contribution in [0.3, 0.4) is 0 Å². The van der Waals surface area contributed by atoms with Crippen LogP contribution >= 0.6 is 0 Å². The van der Waals surface area contributed by atoms with Crippen molar-refractivity contribution >= 4 is 11.9 Å². The van der Waals surface area contributed by atoms with E-state index in [2.05, 4.69) is 10.3 Å². The van der Waals surface area contributed by atoms with Crippen molar-refractivity contribution < 1.29 is 23.3 Å². The minimum atomic E-state index is -0.631. The van der Waals surface area contributed by atoms with Gasteiger partial charge in [-0.2, -0.15) is 0 Å². The number of nitrogens with zero attached hydrogens (tertiary/aromatic N) is 2. The van der Waals surface area contributed by atoms with E-state index in [0.29, 0.717) is 17.1 Å². The smallest absolute Gasteiger partial charge is 0.346 e. The highest BCUT2D eigenvalue weighted by atomic mass is 16.6. The molecule has 0 aliphatic carbocycles. The predicted octanol–water partition coefficient (Wildman–Crippen LogP) is 2.59. The van der Waals surface area contributed by atoms with Crippen LogP contribution in [-0.4, -0.2) is 23.4 Å². The molecule has 2 heterocycles. The van der Waals surface area contributed by atoms with E-state index in [1.54, 1.807) is 20.1 Å². The molecule has 0 spiro atoms. The first-order valence-corrected chi connectivity index (χ1v) is 7.07. The Morgan fingerprint density at radius 1 is 1.21 bits per heavy atom. The SMILES string of the molecule is COc1ccc(-c2cc(COC(=O)c3c(C)noc3N)on2)cc1. The number of esters is 1. The van der Waals surface area contributed by atoms with Gasteiger partial charge < -0.3 is 24.3 Å². The number of carbonyl (C=O) groups excluding carboxylic acids is 1. The Kier molecular flexibility index (Phi) is 4.19. The average molecular weight is 329 g/mol. The maximum Gasteiger partial charge on any atom is 0.346 e. The largest absolute Gasteiger partial charge is 0.497 e. The Bertz CT molecular complexity index is 831. The molecule has 0 aliphatic rings. The van der Waals surface area contributed by atoms with Crippen LogP contribution in [0.4, 0.5) is 5.88 Å². The minimum absolute atomic E-state index is 0.0750. The zero-order chi connectivity index (χ0) is 17.1. The molecule has 3 aromatic rings. The van der Waals surface area contributed by atoms with Crippen molar-refractivity contribution in [2.45, 2.75) is 13.5 Å². The zero-order valence-corrected chi connectivity index (χ0v) is 13.1. The fourth-order valence-corrected chi connectivity index (χ4v) is 2.12. The second kappa shape index (κ2) is 6.45. The van der Waals surface area contributed by atoms with E-state index in [0.717, 1.165) is 11.3 Å². The van der Waals surface area contributed by atoms with Gasteiger partial charge in [0.15, 0.2) is 12.4 Å². The van der Waals surface area contributed by atoms with Crippen LogP contribution in [0.25, 0.3) is 11.3 Å². The van der Waals surface area contributed by atoms with E-state index >= 15 is 0 Å². The van der Waals surface area contributed by atoms with Crippen LogP contribution in [0.5, 0.6) is 5.75 Å². The highest BCUT2D eigenvalue weighted by Gasteiger charge is 2.20. The summed E-state index contributed by atoms with van der Waals surface area (Å²) in [5.74, 6) is 0.447. The van der Waals surface area contributed by atoms with E-state index < -0.39 is 5.97 Å². The Morgan fingerprint density at radius 2 is 1.96 bits per heavy atom. The summed E-state index contributed by atoms with van der Waals surface area (Å²) in [5, 5.41) is 7.56. The molecule has 24 heavy (non-hydrogen) atoms. The summed E-state index contributed by atoms with van der Waals surface area (Å²) in [6.45, 7) is 1.53. The van der Waals surface area contributed by atoms with Crippen molar-refractivity contribution in [3.63, 3.8) is 0 Å². The number of aryl methyl sites for hydroxylation is 1. The first kappa shape index (κ1) is 15.6. The molecule has 3 rings (SSSR count). The lowest BCUT2D eigenvalue weighted by atomic mass is 10.1. The fourth-order valence-electron chi connectivity index (χ4n) is 2.12. The van der Waals surface area contributed by atoms with Crippen LogP contribution in [0.2, 0.25) is 0 Å². The molecule has 0 radical (unpaired) electrons. The van der Waals surface area contributed by atoms with Gasteiger partial charge in [-0.05, 0) is 31.2 Å². The molecular formula is C16H15N3O5. The number of anilines is 1. The molecule has 0 saturated carbocycles. The molecule has 0 saturated heterocycles. The molecular weight excluding hydrogens is 314 g/mol. The second-order valence-corrected chi connectivity index (χ2v) is 4.99. The highest BCUT2D eigenvalue weighted by Crippen LogP contribution is 2.23. The van der Waals surface area contributed by atoms with Gasteiger partial charge in [0, 0.05) is 11.6 Å². The number of aromatic nitrogens is 2. The third kappa shape index (κ3) is 3.07. The number of hydrogen-bond acceptors (Lipinski definition) is 8. The third-order valence-corrected chi connectivity index (χ3v) is 3.38. The number of nitrogens with two attached hydrogens (primary N) is 1. The zero-order valence-electron chi connectivity index (χ0n) is 13.1. The number of methoxy groups -OCH3 is 1. The summed E-state index contributed by atoms with van der Waals surface area (Å²) in [6.07, 6.45) is 0. The van der Waals surface area contributed by atoms with Crippen LogP contribution < -0.4 is 10.5 Å². The molecule has 0 fully saturated rings. The Hall–Kier alpha value is -3.29. The molecule has 2 N–H and O–H groups in total. The molecule has 8 nitrogen and oxygen atoms in total. The Labute approximate surface area is 137 Å². The summed E-state index contributed by atoms with van der Waals surface area (Å²) in [5.41, 5.74) is 7.51. The van der Waals surface area contributed by atoms with Gasteiger partial charge in [-0.15, -0.1) is 0 Å². The highest BCUT2D eigenvalue weighted by molar-refractivity contribution is 5.94. The Balaban J connectivity index is 1.67. The van der Waals surface area contributed by atoms with Crippen molar-refractivity contribution in [1.29, 1.82) is 0 Å². The van der Waals surface area contributed by atoms with Crippen LogP contribution in [0.1, 0.15) is 21.8 Å². The maximum atomic E-state index is 12.0. The van der Waals surface area contributed by atoms with E-state index in [1.807, 2.05) is 24.3 Å². The van der Waals surface area contributed by atoms with Crippen LogP contribution in [0.15, 0.2) is 39.4 Å². The van der Waals surface area contributed by atoms with Crippen LogP contribution in [-0.2, 0) is 11.3 Å². The van der Waals surface area contributed by atoms with E-state index in [1.165, 1.54) is 0 Å². The first-order chi connectivity index (χ1) is 11.6. The summed E-state index contributed by atoms with van der Waals surface area (Å²) in [6, 6.07) is 9.04. The van der Waals surface area contributed by atoms with Gasteiger partial charge in [-0.25, -0.2) is 4.79 Å². The van der Waals surface area contributed by atoms with Crippen molar-refractivity contribution in [2.24, 2.45) is 0 Å². The lowest BCUT2D eigenvalue weighted by molar-refractivity contribution is 0.0437. The number of hydrogen-bond donors (Lipinski definition) is 1. The molecule has 0 bridgehead atoms. The van der Waals surface area contributed by atoms with Gasteiger partial charge >= 0.3 is 5.97 Å². The van der Waals surface area contributed by atoms with Gasteiger partial charge in [-0.3, -0.25) is 0 Å². The van der Waals surface area contributed by atoms with Gasteiger partial charge in [-0.1, -0.05) is 10.3 Å². The summed E-state index contributed by atoms with van der Waals surface area (Å²) in [4.78, 5) is 12.0. The maximum absolute atomic E-state index is 12.0. The number of benzene rings is 1. The normalized spacial score (nSPS) is 10.6. The van der Waals surface area contributed by atoms with Gasteiger partial charge in [0.05, 0.1) is 12.8 Å². The molecule has 0 aliphatic heterocycles. The van der Waals surface area contributed by atoms with E-state index in [4.69, 9.17) is 24.3 Å². The molecule has 124 valence electrons. The topological polar surface area (TPSA) is 114 Å². The number of ether oxygens (including phenoxy) is 2. The number of carbonyl (C=O) groups is 1. The second-order valence-electron chi connectivity index (χ2n) is 4.99. The Morgan fingerprint density at radius 3 is 2.58 bits per heavy atom. The number of rotatable bonds is 5. The monoisotopic (exact) mass is 329 g/mol. The molecule has 0 amide bonds. The molecule has 0 atom stereocenters. The van der Waals surface area contributed by atoms with Crippen molar-refractivity contribution in [2.75, 3.05) is 12.8 Å². The molecule has 2 aromatic heterocycles. The van der Waals surface area contributed by atoms with Crippen molar-refractivity contribution in [1.82, 2.24) is 10.3 Å². The van der Waals surface area contributed by atoms with Gasteiger partial charge in [0.1, 0.15) is 17.0 Å². The average Bonchev–Trinajstić information content (AvgIpc) is 3.20. The van der Waals surface area contributed by atoms with E-state index in [9.17, 15) is 4.79 Å². The lowest BCUT2D eigenvalue weighted by Crippen LogP contribution is -2.07. The quantitative estimate of drug-likeness (QED) is 0.710. The summed E-state index contributed by atoms with van der Waals surface area (Å²) < 4.78 is 20.2. The standard InChI is InChI=1S/C16H15N3O5/c1-9-14(15(17)24-18-9)16(20)22-8-12-7-13(19-23-12)10-3-5-11(21-2)6-4-10/h3-7H,8,17H2,1-2H3. The minimum Gasteiger partial charge on any atom is -0.497 e. The lowest BCUT2D eigenvalue weighted by Gasteiger charge is -2.01. The first-order valence-electron chi connectivity index (χ1n) is 7.07. The van der Waals surface area contributed by atoms with Crippen molar-refractivity contribution in [3.05, 3.63) is 47.3 Å².